The first-order valence-electron chi connectivity index (χ1n) is 10.4. The molecule has 0 spiro atoms. The van der Waals surface area contributed by atoms with Crippen LogP contribution in [0.5, 0.6) is 0 Å². The van der Waals surface area contributed by atoms with Crippen molar-refractivity contribution in [1.82, 2.24) is 10.6 Å². The lowest BCUT2D eigenvalue weighted by atomic mass is 10.0. The van der Waals surface area contributed by atoms with E-state index < -0.39 is 5.60 Å². The Bertz CT molecular complexity index is 635. The van der Waals surface area contributed by atoms with Gasteiger partial charge in [-0.05, 0) is 67.2 Å². The first-order valence-corrected chi connectivity index (χ1v) is 10.4. The third kappa shape index (κ3) is 9.27. The molecule has 0 amide bonds. The Hall–Kier alpha value is -2.01. The molecule has 0 radical (unpaired) electrons. The molecule has 1 atom stereocenters. The second-order valence-corrected chi connectivity index (χ2v) is 8.31. The summed E-state index contributed by atoms with van der Waals surface area (Å²) in [7, 11) is 0. The van der Waals surface area contributed by atoms with E-state index in [1.807, 2.05) is 41.5 Å². The quantitative estimate of drug-likeness (QED) is 0.300. The first kappa shape index (κ1) is 24.0. The number of carbonyl (C=O) groups excluding carboxylic acids is 1. The summed E-state index contributed by atoms with van der Waals surface area (Å²) in [5, 5.41) is 7.17. The lowest BCUT2D eigenvalue weighted by Crippen LogP contribution is -2.32. The Morgan fingerprint density at radius 1 is 1.14 bits per heavy atom. The zero-order valence-corrected chi connectivity index (χ0v) is 18.5. The maximum absolute atomic E-state index is 11.9. The summed E-state index contributed by atoms with van der Waals surface area (Å²) in [6.45, 7) is 11.8. The summed E-state index contributed by atoms with van der Waals surface area (Å²) < 4.78 is 5.38. The number of carbonyl (C=O) groups is 1. The molecule has 0 bridgehead atoms. The largest absolute Gasteiger partial charge is 0.460 e. The van der Waals surface area contributed by atoms with Crippen LogP contribution in [0, 0.1) is 0 Å². The van der Waals surface area contributed by atoms with Gasteiger partial charge in [0, 0.05) is 30.3 Å². The lowest BCUT2D eigenvalue weighted by Gasteiger charge is -2.28. The number of hydrogen-bond acceptors (Lipinski definition) is 5. The van der Waals surface area contributed by atoms with E-state index in [0.29, 0.717) is 6.42 Å². The van der Waals surface area contributed by atoms with Gasteiger partial charge in [0.2, 0.25) is 0 Å². The molecule has 1 heterocycles. The topological polar surface area (TPSA) is 76.4 Å². The second-order valence-electron chi connectivity index (χ2n) is 8.31. The highest BCUT2D eigenvalue weighted by atomic mass is 16.6. The molecule has 0 aromatic heterocycles. The number of esters is 1. The summed E-state index contributed by atoms with van der Waals surface area (Å²) in [4.78, 5) is 11.9. The summed E-state index contributed by atoms with van der Waals surface area (Å²) in [6, 6.07) is 0.129. The zero-order chi connectivity index (χ0) is 21.2. The van der Waals surface area contributed by atoms with Gasteiger partial charge in [-0.15, -0.1) is 0 Å². The van der Waals surface area contributed by atoms with E-state index in [4.69, 9.17) is 10.5 Å². The number of ether oxygens (including phenoxy) is 1. The Morgan fingerprint density at radius 2 is 1.82 bits per heavy atom. The SMILES string of the molecule is C/C=C\CC1=C(CCCCC(=O)OC(C)(C)C)NC(=C/C)/C(=C\CC(C)N)N1. The highest BCUT2D eigenvalue weighted by Gasteiger charge is 2.19. The Kier molecular flexibility index (Phi) is 10.1. The molecular weight excluding hydrogens is 350 g/mol. The van der Waals surface area contributed by atoms with Gasteiger partial charge in [0.05, 0.1) is 11.4 Å². The molecule has 0 saturated carbocycles. The second kappa shape index (κ2) is 11.7. The molecular formula is C23H39N3O2. The zero-order valence-electron chi connectivity index (χ0n) is 18.5. The number of rotatable bonds is 9. The molecule has 0 fully saturated rings. The molecule has 1 aliphatic rings. The number of unbranched alkanes of at least 4 members (excludes halogenated alkanes) is 1. The monoisotopic (exact) mass is 389 g/mol. The molecule has 0 saturated heterocycles. The maximum Gasteiger partial charge on any atom is 0.306 e. The van der Waals surface area contributed by atoms with E-state index >= 15 is 0 Å². The van der Waals surface area contributed by atoms with Crippen LogP contribution in [-0.4, -0.2) is 17.6 Å². The number of hydrogen-bond donors (Lipinski definition) is 3. The van der Waals surface area contributed by atoms with Crippen molar-refractivity contribution < 1.29 is 9.53 Å². The van der Waals surface area contributed by atoms with Gasteiger partial charge in [0.25, 0.3) is 0 Å². The molecule has 4 N–H and O–H groups in total. The minimum Gasteiger partial charge on any atom is -0.460 e. The van der Waals surface area contributed by atoms with E-state index in [0.717, 1.165) is 43.5 Å². The molecule has 0 aromatic carbocycles. The average Bonchev–Trinajstić information content (AvgIpc) is 2.60. The Morgan fingerprint density at radius 3 is 2.39 bits per heavy atom. The fourth-order valence-electron chi connectivity index (χ4n) is 2.89. The Labute approximate surface area is 171 Å². The van der Waals surface area contributed by atoms with Crippen LogP contribution in [0.3, 0.4) is 0 Å². The van der Waals surface area contributed by atoms with E-state index in [1.165, 1.54) is 11.4 Å². The van der Waals surface area contributed by atoms with Crippen LogP contribution in [0.15, 0.2) is 47.1 Å². The molecule has 1 rings (SSSR count). The van der Waals surface area contributed by atoms with Crippen molar-refractivity contribution in [3.63, 3.8) is 0 Å². The van der Waals surface area contributed by atoms with Crippen LogP contribution in [0.2, 0.25) is 0 Å². The predicted octanol–water partition coefficient (Wildman–Crippen LogP) is 4.78. The molecule has 5 nitrogen and oxygen atoms in total. The molecule has 1 unspecified atom stereocenters. The van der Waals surface area contributed by atoms with Crippen molar-refractivity contribution in [3.05, 3.63) is 47.1 Å². The molecule has 28 heavy (non-hydrogen) atoms. The van der Waals surface area contributed by atoms with Crippen molar-refractivity contribution in [2.75, 3.05) is 0 Å². The average molecular weight is 390 g/mol. The van der Waals surface area contributed by atoms with Crippen LogP contribution >= 0.6 is 0 Å². The lowest BCUT2D eigenvalue weighted by molar-refractivity contribution is -0.154. The molecule has 0 aromatic rings. The van der Waals surface area contributed by atoms with Gasteiger partial charge in [0.15, 0.2) is 0 Å². The summed E-state index contributed by atoms with van der Waals surface area (Å²) in [5.74, 6) is -0.124. The first-order chi connectivity index (χ1) is 13.2. The van der Waals surface area contributed by atoms with E-state index in [1.54, 1.807) is 0 Å². The van der Waals surface area contributed by atoms with Crippen LogP contribution in [0.25, 0.3) is 0 Å². The third-order valence-corrected chi connectivity index (χ3v) is 4.24. The summed E-state index contributed by atoms with van der Waals surface area (Å²) in [5.41, 5.74) is 10.0. The van der Waals surface area contributed by atoms with Gasteiger partial charge in [-0.3, -0.25) is 4.79 Å². The minimum absolute atomic E-state index is 0.124. The predicted molar refractivity (Wildman–Crippen MR) is 117 cm³/mol. The fraction of sp³-hybridized carbons (Fsp3) is 0.609. The van der Waals surface area contributed by atoms with Gasteiger partial charge in [-0.2, -0.15) is 0 Å². The standard InChI is InChI=1S/C23H39N3O2/c1-7-9-12-19-20(13-10-11-14-22(27)28-23(4,5)6)25-18(8-2)21(26-19)16-15-17(3)24/h7-9,16-17,25-26H,10-15,24H2,1-6H3/b9-7-,18-8+,21-16+. The van der Waals surface area contributed by atoms with Crippen molar-refractivity contribution in [1.29, 1.82) is 0 Å². The van der Waals surface area contributed by atoms with Crippen molar-refractivity contribution in [2.45, 2.75) is 91.7 Å². The summed E-state index contributed by atoms with van der Waals surface area (Å²) in [6.07, 6.45) is 13.2. The number of allylic oxidation sites excluding steroid dienone is 4. The van der Waals surface area contributed by atoms with Crippen LogP contribution in [-0.2, 0) is 9.53 Å². The van der Waals surface area contributed by atoms with E-state index in [9.17, 15) is 4.79 Å². The van der Waals surface area contributed by atoms with Crippen molar-refractivity contribution >= 4 is 5.97 Å². The van der Waals surface area contributed by atoms with Gasteiger partial charge < -0.3 is 21.1 Å². The van der Waals surface area contributed by atoms with Crippen molar-refractivity contribution in [3.8, 4) is 0 Å². The molecule has 5 heteroatoms. The molecule has 1 aliphatic heterocycles. The van der Waals surface area contributed by atoms with Gasteiger partial charge in [-0.1, -0.05) is 24.3 Å². The smallest absolute Gasteiger partial charge is 0.306 e. The van der Waals surface area contributed by atoms with Gasteiger partial charge in [0.1, 0.15) is 5.60 Å². The molecule has 0 aliphatic carbocycles. The highest BCUT2D eigenvalue weighted by Crippen LogP contribution is 2.23. The van der Waals surface area contributed by atoms with Crippen LogP contribution < -0.4 is 16.4 Å². The normalized spacial score (nSPS) is 19.1. The fourth-order valence-corrected chi connectivity index (χ4v) is 2.89. The highest BCUT2D eigenvalue weighted by molar-refractivity contribution is 5.69. The number of nitrogens with one attached hydrogen (secondary N) is 2. The minimum atomic E-state index is -0.418. The van der Waals surface area contributed by atoms with Crippen molar-refractivity contribution in [2.24, 2.45) is 5.73 Å². The third-order valence-electron chi connectivity index (χ3n) is 4.24. The van der Waals surface area contributed by atoms with Gasteiger partial charge in [-0.25, -0.2) is 0 Å². The van der Waals surface area contributed by atoms with Gasteiger partial charge >= 0.3 is 5.97 Å². The summed E-state index contributed by atoms with van der Waals surface area (Å²) >= 11 is 0. The van der Waals surface area contributed by atoms with E-state index in [-0.39, 0.29) is 12.0 Å². The number of nitrogens with two attached hydrogens (primary N) is 1. The van der Waals surface area contributed by atoms with E-state index in [2.05, 4.69) is 34.9 Å². The maximum atomic E-state index is 11.9. The Balaban J connectivity index is 2.76. The molecule has 158 valence electrons. The van der Waals surface area contributed by atoms with Crippen LogP contribution in [0.1, 0.15) is 80.1 Å². The van der Waals surface area contributed by atoms with Crippen LogP contribution in [0.4, 0.5) is 0 Å².